The van der Waals surface area contributed by atoms with Crippen molar-refractivity contribution < 1.29 is 14.3 Å². The molecular weight excluding hydrogens is 298 g/mol. The van der Waals surface area contributed by atoms with Crippen LogP contribution in [0.3, 0.4) is 0 Å². The van der Waals surface area contributed by atoms with Crippen molar-refractivity contribution in [3.8, 4) is 11.5 Å². The van der Waals surface area contributed by atoms with Crippen molar-refractivity contribution in [2.75, 3.05) is 0 Å². The summed E-state index contributed by atoms with van der Waals surface area (Å²) in [6.45, 7) is 3.65. The molecule has 0 aliphatic rings. The zero-order valence-corrected chi connectivity index (χ0v) is 11.9. The molecule has 0 radical (unpaired) electrons. The van der Waals surface area contributed by atoms with Crippen LogP contribution in [0.15, 0.2) is 49.0 Å². The maximum absolute atomic E-state index is 9.70. The van der Waals surface area contributed by atoms with Gasteiger partial charge in [-0.2, -0.15) is 0 Å². The molecule has 0 bridgehead atoms. The summed E-state index contributed by atoms with van der Waals surface area (Å²) >= 11 is 11.6. The van der Waals surface area contributed by atoms with Gasteiger partial charge in [-0.25, -0.2) is 0 Å². The highest BCUT2D eigenvalue weighted by atomic mass is 35.5. The molecule has 2 rings (SSSR count). The maximum atomic E-state index is 9.70. The lowest BCUT2D eigenvalue weighted by Gasteiger charge is -2.11. The highest BCUT2D eigenvalue weighted by molar-refractivity contribution is 6.42. The van der Waals surface area contributed by atoms with Crippen LogP contribution in [-0.2, 0) is 0 Å². The van der Waals surface area contributed by atoms with Crippen LogP contribution in [0.25, 0.3) is 6.08 Å². The van der Waals surface area contributed by atoms with Crippen LogP contribution in [0.2, 0.25) is 10.0 Å². The first-order valence-electron chi connectivity index (χ1n) is 5.77. The molecule has 0 spiro atoms. The van der Waals surface area contributed by atoms with Gasteiger partial charge < -0.3 is 14.3 Å². The standard InChI is InChI=1S/C14H11BCl2O3/c1-2-10-3-5-11(6-4-10)19-15(18)20-12-7-8-13(16)14(17)9-12/h2-9,18H,1H2. The largest absolute Gasteiger partial charge is 0.785 e. The third-order valence-corrected chi connectivity index (χ3v) is 3.22. The second kappa shape index (κ2) is 6.70. The Morgan fingerprint density at radius 1 is 0.950 bits per heavy atom. The molecule has 3 nitrogen and oxygen atoms in total. The summed E-state index contributed by atoms with van der Waals surface area (Å²) in [5, 5.41) is 10.5. The molecule has 0 heterocycles. The lowest BCUT2D eigenvalue weighted by atomic mass is 10.2. The van der Waals surface area contributed by atoms with E-state index in [4.69, 9.17) is 32.5 Å². The van der Waals surface area contributed by atoms with Crippen molar-refractivity contribution in [1.82, 2.24) is 0 Å². The monoisotopic (exact) mass is 308 g/mol. The summed E-state index contributed by atoms with van der Waals surface area (Å²) in [6.07, 6.45) is 1.71. The molecule has 102 valence electrons. The highest BCUT2D eigenvalue weighted by Crippen LogP contribution is 2.26. The molecule has 0 atom stereocenters. The Labute approximate surface area is 127 Å². The fourth-order valence-corrected chi connectivity index (χ4v) is 1.78. The summed E-state index contributed by atoms with van der Waals surface area (Å²) in [5.74, 6) is 0.831. The Balaban J connectivity index is 1.98. The minimum atomic E-state index is -1.44. The lowest BCUT2D eigenvalue weighted by molar-refractivity contribution is 0.298. The van der Waals surface area contributed by atoms with E-state index in [-0.39, 0.29) is 0 Å². The summed E-state index contributed by atoms with van der Waals surface area (Å²) in [7, 11) is -1.44. The quantitative estimate of drug-likeness (QED) is 0.846. The number of benzene rings is 2. The van der Waals surface area contributed by atoms with Gasteiger partial charge >= 0.3 is 7.32 Å². The second-order valence-corrected chi connectivity index (χ2v) is 4.71. The van der Waals surface area contributed by atoms with Gasteiger partial charge in [0.25, 0.3) is 0 Å². The molecular formula is C14H11BCl2O3. The average Bonchev–Trinajstić information content (AvgIpc) is 2.44. The molecule has 0 saturated heterocycles. The summed E-state index contributed by atoms with van der Waals surface area (Å²) < 4.78 is 10.4. The molecule has 0 fully saturated rings. The molecule has 0 saturated carbocycles. The van der Waals surface area contributed by atoms with Crippen LogP contribution >= 0.6 is 23.2 Å². The zero-order valence-electron chi connectivity index (χ0n) is 10.4. The Bertz CT molecular complexity index is 602. The molecule has 2 aromatic rings. The smallest absolute Gasteiger partial charge is 0.501 e. The van der Waals surface area contributed by atoms with Crippen LogP contribution in [0.4, 0.5) is 0 Å². The topological polar surface area (TPSA) is 38.7 Å². The number of hydrogen-bond donors (Lipinski definition) is 1. The van der Waals surface area contributed by atoms with Crippen LogP contribution in [0.1, 0.15) is 5.56 Å². The van der Waals surface area contributed by atoms with E-state index in [0.717, 1.165) is 5.56 Å². The van der Waals surface area contributed by atoms with E-state index in [2.05, 4.69) is 6.58 Å². The van der Waals surface area contributed by atoms with Crippen LogP contribution in [0, 0.1) is 0 Å². The second-order valence-electron chi connectivity index (χ2n) is 3.89. The third kappa shape index (κ3) is 3.94. The molecule has 0 amide bonds. The Kier molecular flexibility index (Phi) is 4.96. The van der Waals surface area contributed by atoms with Gasteiger partial charge in [-0.05, 0) is 35.9 Å². The van der Waals surface area contributed by atoms with Crippen molar-refractivity contribution in [3.63, 3.8) is 0 Å². The molecule has 1 N–H and O–H groups in total. The molecule has 0 aromatic heterocycles. The van der Waals surface area contributed by atoms with Crippen molar-refractivity contribution >= 4 is 36.6 Å². The first-order chi connectivity index (χ1) is 9.58. The van der Waals surface area contributed by atoms with E-state index in [0.29, 0.717) is 21.5 Å². The van der Waals surface area contributed by atoms with Crippen molar-refractivity contribution in [2.45, 2.75) is 0 Å². The van der Waals surface area contributed by atoms with Gasteiger partial charge in [0, 0.05) is 0 Å². The van der Waals surface area contributed by atoms with Gasteiger partial charge in [0.1, 0.15) is 11.5 Å². The lowest BCUT2D eigenvalue weighted by Crippen LogP contribution is -2.29. The summed E-state index contributed by atoms with van der Waals surface area (Å²) in [5.41, 5.74) is 0.956. The van der Waals surface area contributed by atoms with E-state index >= 15 is 0 Å². The van der Waals surface area contributed by atoms with Crippen molar-refractivity contribution in [3.05, 3.63) is 64.7 Å². The third-order valence-electron chi connectivity index (χ3n) is 2.48. The predicted octanol–water partition coefficient (Wildman–Crippen LogP) is 4.07. The fourth-order valence-electron chi connectivity index (χ4n) is 1.49. The zero-order chi connectivity index (χ0) is 14.5. The predicted molar refractivity (Wildman–Crippen MR) is 82.2 cm³/mol. The Morgan fingerprint density at radius 2 is 1.55 bits per heavy atom. The fraction of sp³-hybridized carbons (Fsp3) is 0. The Hall–Kier alpha value is -1.62. The first kappa shape index (κ1) is 14.8. The minimum Gasteiger partial charge on any atom is -0.501 e. The van der Waals surface area contributed by atoms with Gasteiger partial charge in [-0.15, -0.1) is 0 Å². The number of halogens is 2. The van der Waals surface area contributed by atoms with Crippen LogP contribution in [-0.4, -0.2) is 12.3 Å². The van der Waals surface area contributed by atoms with Gasteiger partial charge in [0.05, 0.1) is 10.0 Å². The summed E-state index contributed by atoms with van der Waals surface area (Å²) in [6, 6.07) is 11.7. The summed E-state index contributed by atoms with van der Waals surface area (Å²) in [4.78, 5) is 0. The number of rotatable bonds is 5. The van der Waals surface area contributed by atoms with E-state index in [1.165, 1.54) is 6.07 Å². The van der Waals surface area contributed by atoms with E-state index in [9.17, 15) is 5.02 Å². The van der Waals surface area contributed by atoms with E-state index in [1.807, 2.05) is 12.1 Å². The molecule has 2 aromatic carbocycles. The molecule has 0 aliphatic carbocycles. The highest BCUT2D eigenvalue weighted by Gasteiger charge is 2.21. The maximum Gasteiger partial charge on any atom is 0.785 e. The van der Waals surface area contributed by atoms with Crippen LogP contribution < -0.4 is 9.31 Å². The molecule has 20 heavy (non-hydrogen) atoms. The van der Waals surface area contributed by atoms with Gasteiger partial charge in [-0.3, -0.25) is 0 Å². The first-order valence-corrected chi connectivity index (χ1v) is 6.53. The molecule has 0 unspecified atom stereocenters. The molecule has 0 aliphatic heterocycles. The van der Waals surface area contributed by atoms with Crippen LogP contribution in [0.5, 0.6) is 11.5 Å². The van der Waals surface area contributed by atoms with Gasteiger partial charge in [0.2, 0.25) is 0 Å². The SMILES string of the molecule is C=Cc1ccc(OB(O)Oc2ccc(Cl)c(Cl)c2)cc1. The normalized spacial score (nSPS) is 9.95. The van der Waals surface area contributed by atoms with Gasteiger partial charge in [0.15, 0.2) is 0 Å². The minimum absolute atomic E-state index is 0.340. The van der Waals surface area contributed by atoms with E-state index in [1.54, 1.807) is 30.3 Å². The average molecular weight is 309 g/mol. The van der Waals surface area contributed by atoms with Crippen molar-refractivity contribution in [2.24, 2.45) is 0 Å². The van der Waals surface area contributed by atoms with Gasteiger partial charge in [-0.1, -0.05) is 48.0 Å². The van der Waals surface area contributed by atoms with E-state index < -0.39 is 7.32 Å². The Morgan fingerprint density at radius 3 is 2.15 bits per heavy atom. The number of hydrogen-bond acceptors (Lipinski definition) is 3. The van der Waals surface area contributed by atoms with Crippen molar-refractivity contribution in [1.29, 1.82) is 0 Å². The molecule has 6 heteroatoms.